The van der Waals surface area contributed by atoms with Gasteiger partial charge in [-0.3, -0.25) is 0 Å². The summed E-state index contributed by atoms with van der Waals surface area (Å²) in [6.07, 6.45) is 5.16. The van der Waals surface area contributed by atoms with Gasteiger partial charge in [-0.1, -0.05) is 0 Å². The second kappa shape index (κ2) is 7.40. The molecule has 6 heteroatoms. The number of likely N-dealkylation sites (N-methyl/N-ethyl adjacent to an activating group) is 1. The van der Waals surface area contributed by atoms with Crippen molar-refractivity contribution in [2.24, 2.45) is 0 Å². The Morgan fingerprint density at radius 1 is 1.15 bits per heavy atom. The van der Waals surface area contributed by atoms with E-state index in [4.69, 9.17) is 4.74 Å². The standard InChI is InChI=1S/C14H19N5O/c1-19(2)8-9-20-13-10-12(4-7-15-13)11-18-14-16-5-3-6-17-14/h3-7,10H,8-9,11H2,1-2H3,(H,16,17,18). The highest BCUT2D eigenvalue weighted by molar-refractivity contribution is 5.28. The minimum absolute atomic E-state index is 0.611. The summed E-state index contributed by atoms with van der Waals surface area (Å²) < 4.78 is 5.60. The van der Waals surface area contributed by atoms with E-state index in [1.807, 2.05) is 26.2 Å². The van der Waals surface area contributed by atoms with Gasteiger partial charge in [-0.05, 0) is 31.8 Å². The monoisotopic (exact) mass is 273 g/mol. The molecule has 0 radical (unpaired) electrons. The molecule has 2 heterocycles. The van der Waals surface area contributed by atoms with E-state index in [2.05, 4.69) is 25.2 Å². The second-order valence-corrected chi connectivity index (χ2v) is 4.58. The molecule has 0 unspecified atom stereocenters. The van der Waals surface area contributed by atoms with Crippen LogP contribution < -0.4 is 10.1 Å². The van der Waals surface area contributed by atoms with Crippen LogP contribution in [0.4, 0.5) is 5.95 Å². The van der Waals surface area contributed by atoms with E-state index in [9.17, 15) is 0 Å². The number of anilines is 1. The Morgan fingerprint density at radius 2 is 1.95 bits per heavy atom. The summed E-state index contributed by atoms with van der Waals surface area (Å²) in [5.74, 6) is 1.25. The van der Waals surface area contributed by atoms with Crippen molar-refractivity contribution in [2.75, 3.05) is 32.6 Å². The topological polar surface area (TPSA) is 63.2 Å². The minimum atomic E-state index is 0.611. The first-order valence-corrected chi connectivity index (χ1v) is 6.47. The highest BCUT2D eigenvalue weighted by Gasteiger charge is 2.00. The molecule has 106 valence electrons. The van der Waals surface area contributed by atoms with E-state index >= 15 is 0 Å². The van der Waals surface area contributed by atoms with Crippen LogP contribution >= 0.6 is 0 Å². The fourth-order valence-corrected chi connectivity index (χ4v) is 1.54. The number of pyridine rings is 1. The Morgan fingerprint density at radius 3 is 2.70 bits per heavy atom. The van der Waals surface area contributed by atoms with Crippen LogP contribution in [0, 0.1) is 0 Å². The molecule has 0 bridgehead atoms. The minimum Gasteiger partial charge on any atom is -0.476 e. The van der Waals surface area contributed by atoms with E-state index in [1.165, 1.54) is 0 Å². The number of aromatic nitrogens is 3. The lowest BCUT2D eigenvalue weighted by atomic mass is 10.2. The lowest BCUT2D eigenvalue weighted by Crippen LogP contribution is -2.19. The van der Waals surface area contributed by atoms with E-state index < -0.39 is 0 Å². The molecular weight excluding hydrogens is 254 g/mol. The third-order valence-corrected chi connectivity index (χ3v) is 2.60. The number of rotatable bonds is 7. The van der Waals surface area contributed by atoms with Crippen molar-refractivity contribution in [2.45, 2.75) is 6.54 Å². The molecule has 2 aromatic rings. The lowest BCUT2D eigenvalue weighted by molar-refractivity contribution is 0.253. The second-order valence-electron chi connectivity index (χ2n) is 4.58. The Hall–Kier alpha value is -2.21. The van der Waals surface area contributed by atoms with Crippen molar-refractivity contribution in [1.82, 2.24) is 19.9 Å². The molecule has 2 rings (SSSR count). The summed E-state index contributed by atoms with van der Waals surface area (Å²) in [5.41, 5.74) is 1.08. The number of hydrogen-bond donors (Lipinski definition) is 1. The molecule has 0 spiro atoms. The summed E-state index contributed by atoms with van der Waals surface area (Å²) in [6.45, 7) is 2.12. The van der Waals surface area contributed by atoms with Gasteiger partial charge in [0, 0.05) is 37.7 Å². The third kappa shape index (κ3) is 4.81. The molecule has 0 saturated heterocycles. The predicted molar refractivity (Wildman–Crippen MR) is 77.6 cm³/mol. The molecule has 0 fully saturated rings. The first-order valence-electron chi connectivity index (χ1n) is 6.47. The number of nitrogens with one attached hydrogen (secondary N) is 1. The molecule has 0 aromatic carbocycles. The van der Waals surface area contributed by atoms with Crippen LogP contribution in [-0.4, -0.2) is 47.1 Å². The summed E-state index contributed by atoms with van der Waals surface area (Å²) >= 11 is 0. The van der Waals surface area contributed by atoms with Crippen molar-refractivity contribution >= 4 is 5.95 Å². The summed E-state index contributed by atoms with van der Waals surface area (Å²) in [7, 11) is 4.02. The smallest absolute Gasteiger partial charge is 0.222 e. The van der Waals surface area contributed by atoms with Crippen LogP contribution in [0.5, 0.6) is 5.88 Å². The Bertz CT molecular complexity index is 518. The molecule has 20 heavy (non-hydrogen) atoms. The van der Waals surface area contributed by atoms with Crippen LogP contribution in [0.15, 0.2) is 36.8 Å². The average molecular weight is 273 g/mol. The summed E-state index contributed by atoms with van der Waals surface area (Å²) in [5, 5.41) is 3.15. The Labute approximate surface area is 118 Å². The van der Waals surface area contributed by atoms with Crippen molar-refractivity contribution in [3.05, 3.63) is 42.4 Å². The van der Waals surface area contributed by atoms with Crippen molar-refractivity contribution in [3.63, 3.8) is 0 Å². The Kier molecular flexibility index (Phi) is 5.25. The number of hydrogen-bond acceptors (Lipinski definition) is 6. The average Bonchev–Trinajstić information content (AvgIpc) is 2.46. The molecule has 0 amide bonds. The Balaban J connectivity index is 1.86. The summed E-state index contributed by atoms with van der Waals surface area (Å²) in [6, 6.07) is 5.65. The van der Waals surface area contributed by atoms with E-state index in [-0.39, 0.29) is 0 Å². The predicted octanol–water partition coefficient (Wildman–Crippen LogP) is 1.42. The fraction of sp³-hybridized carbons (Fsp3) is 0.357. The van der Waals surface area contributed by atoms with E-state index in [0.29, 0.717) is 25.0 Å². The quantitative estimate of drug-likeness (QED) is 0.823. The molecule has 0 saturated carbocycles. The maximum Gasteiger partial charge on any atom is 0.222 e. The molecular formula is C14H19N5O. The van der Waals surface area contributed by atoms with Gasteiger partial charge in [0.2, 0.25) is 11.8 Å². The van der Waals surface area contributed by atoms with Gasteiger partial charge in [0.25, 0.3) is 0 Å². The van der Waals surface area contributed by atoms with Crippen LogP contribution in [0.2, 0.25) is 0 Å². The number of ether oxygens (including phenoxy) is 1. The maximum absolute atomic E-state index is 5.60. The summed E-state index contributed by atoms with van der Waals surface area (Å²) in [4.78, 5) is 14.5. The molecule has 1 N–H and O–H groups in total. The molecule has 6 nitrogen and oxygen atoms in total. The zero-order valence-electron chi connectivity index (χ0n) is 11.8. The van der Waals surface area contributed by atoms with Gasteiger partial charge >= 0.3 is 0 Å². The zero-order valence-corrected chi connectivity index (χ0v) is 11.8. The fourth-order valence-electron chi connectivity index (χ4n) is 1.54. The maximum atomic E-state index is 5.60. The van der Waals surface area contributed by atoms with E-state index in [0.717, 1.165) is 12.1 Å². The van der Waals surface area contributed by atoms with Gasteiger partial charge in [-0.25, -0.2) is 15.0 Å². The molecule has 0 aliphatic rings. The first-order chi connectivity index (χ1) is 9.74. The highest BCUT2D eigenvalue weighted by atomic mass is 16.5. The van der Waals surface area contributed by atoms with Crippen molar-refractivity contribution in [1.29, 1.82) is 0 Å². The van der Waals surface area contributed by atoms with Gasteiger partial charge in [0.05, 0.1) is 0 Å². The van der Waals surface area contributed by atoms with Gasteiger partial charge < -0.3 is 15.0 Å². The normalized spacial score (nSPS) is 10.6. The molecule has 0 atom stereocenters. The van der Waals surface area contributed by atoms with Crippen molar-refractivity contribution in [3.8, 4) is 5.88 Å². The van der Waals surface area contributed by atoms with Gasteiger partial charge in [0.1, 0.15) is 6.61 Å². The van der Waals surface area contributed by atoms with Crippen molar-refractivity contribution < 1.29 is 4.74 Å². The van der Waals surface area contributed by atoms with Gasteiger partial charge in [-0.2, -0.15) is 0 Å². The van der Waals surface area contributed by atoms with Crippen LogP contribution in [0.1, 0.15) is 5.56 Å². The highest BCUT2D eigenvalue weighted by Crippen LogP contribution is 2.10. The van der Waals surface area contributed by atoms with Gasteiger partial charge in [-0.15, -0.1) is 0 Å². The SMILES string of the molecule is CN(C)CCOc1cc(CNc2ncccn2)ccn1. The first kappa shape index (κ1) is 14.2. The lowest BCUT2D eigenvalue weighted by Gasteiger charge is -2.11. The largest absolute Gasteiger partial charge is 0.476 e. The van der Waals surface area contributed by atoms with Gasteiger partial charge in [0.15, 0.2) is 0 Å². The molecule has 2 aromatic heterocycles. The molecule has 0 aliphatic carbocycles. The van der Waals surface area contributed by atoms with Crippen LogP contribution in [0.3, 0.4) is 0 Å². The molecule has 0 aliphatic heterocycles. The van der Waals surface area contributed by atoms with Crippen LogP contribution in [-0.2, 0) is 6.54 Å². The van der Waals surface area contributed by atoms with E-state index in [1.54, 1.807) is 24.7 Å². The van der Waals surface area contributed by atoms with Crippen LogP contribution in [0.25, 0.3) is 0 Å². The third-order valence-electron chi connectivity index (χ3n) is 2.60. The zero-order chi connectivity index (χ0) is 14.2. The number of nitrogens with zero attached hydrogens (tertiary/aromatic N) is 4.